The van der Waals surface area contributed by atoms with Crippen LogP contribution in [0.2, 0.25) is 0 Å². The van der Waals surface area contributed by atoms with Crippen molar-refractivity contribution >= 4 is 6.08 Å². The fourth-order valence-corrected chi connectivity index (χ4v) is 1.13. The van der Waals surface area contributed by atoms with Gasteiger partial charge in [-0.05, 0) is 12.5 Å². The quantitative estimate of drug-likeness (QED) is 0.694. The highest BCUT2D eigenvalue weighted by Gasteiger charge is 1.90. The third kappa shape index (κ3) is 4.80. The van der Waals surface area contributed by atoms with Crippen LogP contribution in [0.25, 0.3) is 6.08 Å². The maximum Gasteiger partial charge on any atom is 0.0636 e. The number of aliphatic hydroxyl groups excluding tert-OH is 1. The minimum Gasteiger partial charge on any atom is -0.392 e. The van der Waals surface area contributed by atoms with Crippen molar-refractivity contribution < 1.29 is 5.11 Å². The largest absolute Gasteiger partial charge is 0.392 e. The minimum absolute atomic E-state index is 0.278. The molecule has 0 heterocycles. The molecule has 14 heavy (non-hydrogen) atoms. The summed E-state index contributed by atoms with van der Waals surface area (Å²) < 4.78 is 0. The Morgan fingerprint density at radius 1 is 1.36 bits per heavy atom. The van der Waals surface area contributed by atoms with Gasteiger partial charge in [-0.2, -0.15) is 0 Å². The highest BCUT2D eigenvalue weighted by atomic mass is 16.3. The van der Waals surface area contributed by atoms with E-state index in [1.807, 2.05) is 18.2 Å². The Hall–Kier alpha value is -1.12. The van der Waals surface area contributed by atoms with Crippen LogP contribution in [0.3, 0.4) is 0 Å². The van der Waals surface area contributed by atoms with Gasteiger partial charge in [-0.15, -0.1) is 0 Å². The molecule has 0 aliphatic heterocycles. The molecule has 0 bridgehead atoms. The second kappa shape index (κ2) is 6.35. The van der Waals surface area contributed by atoms with Crippen molar-refractivity contribution in [1.82, 2.24) is 5.32 Å². The molecule has 0 unspecified atom stereocenters. The lowest BCUT2D eigenvalue weighted by molar-refractivity contribution is 0.193. The van der Waals surface area contributed by atoms with Crippen LogP contribution in [0.5, 0.6) is 0 Å². The van der Waals surface area contributed by atoms with E-state index in [1.54, 1.807) is 6.92 Å². The average Bonchev–Trinajstić information content (AvgIpc) is 2.18. The van der Waals surface area contributed by atoms with Gasteiger partial charge in [-0.1, -0.05) is 42.5 Å². The number of rotatable bonds is 5. The maximum absolute atomic E-state index is 8.98. The Labute approximate surface area is 85.3 Å². The second-order valence-electron chi connectivity index (χ2n) is 3.32. The van der Waals surface area contributed by atoms with Crippen LogP contribution in [-0.4, -0.2) is 24.3 Å². The molecule has 1 rings (SSSR count). The summed E-state index contributed by atoms with van der Waals surface area (Å²) in [6, 6.07) is 10.2. The zero-order valence-corrected chi connectivity index (χ0v) is 8.48. The van der Waals surface area contributed by atoms with Crippen molar-refractivity contribution in [3.63, 3.8) is 0 Å². The van der Waals surface area contributed by atoms with Crippen LogP contribution >= 0.6 is 0 Å². The normalized spacial score (nSPS) is 13.3. The molecule has 0 amide bonds. The topological polar surface area (TPSA) is 32.3 Å². The molecule has 0 saturated carbocycles. The summed E-state index contributed by atoms with van der Waals surface area (Å²) in [5.41, 5.74) is 1.20. The number of benzene rings is 1. The first-order chi connectivity index (χ1) is 6.79. The van der Waals surface area contributed by atoms with Crippen molar-refractivity contribution in [1.29, 1.82) is 0 Å². The van der Waals surface area contributed by atoms with Gasteiger partial charge >= 0.3 is 0 Å². The van der Waals surface area contributed by atoms with Gasteiger partial charge in [0.1, 0.15) is 0 Å². The zero-order chi connectivity index (χ0) is 10.2. The van der Waals surface area contributed by atoms with Crippen molar-refractivity contribution in [2.24, 2.45) is 0 Å². The number of hydrogen-bond acceptors (Lipinski definition) is 2. The first-order valence-electron chi connectivity index (χ1n) is 4.89. The summed E-state index contributed by atoms with van der Waals surface area (Å²) in [7, 11) is 0. The van der Waals surface area contributed by atoms with Crippen LogP contribution in [-0.2, 0) is 0 Å². The van der Waals surface area contributed by atoms with Gasteiger partial charge in [-0.3, -0.25) is 0 Å². The zero-order valence-electron chi connectivity index (χ0n) is 8.48. The van der Waals surface area contributed by atoms with Gasteiger partial charge in [0.25, 0.3) is 0 Å². The maximum atomic E-state index is 8.98. The summed E-state index contributed by atoms with van der Waals surface area (Å²) >= 11 is 0. The molecule has 0 radical (unpaired) electrons. The third-order valence-electron chi connectivity index (χ3n) is 1.81. The van der Waals surface area contributed by atoms with Gasteiger partial charge in [0.05, 0.1) is 6.10 Å². The Kier molecular flexibility index (Phi) is 4.97. The number of nitrogens with one attached hydrogen (secondary N) is 1. The smallest absolute Gasteiger partial charge is 0.0636 e. The molecule has 0 aromatic heterocycles. The Balaban J connectivity index is 2.21. The van der Waals surface area contributed by atoms with Gasteiger partial charge in [0, 0.05) is 13.1 Å². The molecule has 0 fully saturated rings. The van der Waals surface area contributed by atoms with E-state index >= 15 is 0 Å². The minimum atomic E-state index is -0.278. The average molecular weight is 191 g/mol. The molecule has 0 aliphatic carbocycles. The first-order valence-corrected chi connectivity index (χ1v) is 4.89. The summed E-state index contributed by atoms with van der Waals surface area (Å²) in [6.45, 7) is 3.20. The lowest BCUT2D eigenvalue weighted by atomic mass is 10.2. The Morgan fingerprint density at radius 3 is 2.71 bits per heavy atom. The van der Waals surface area contributed by atoms with Crippen LogP contribution in [0.15, 0.2) is 36.4 Å². The van der Waals surface area contributed by atoms with Crippen LogP contribution in [0, 0.1) is 0 Å². The molecule has 0 aliphatic rings. The standard InChI is InChI=1S/C12H17NO/c1-11(14)10-13-9-5-8-12-6-3-2-4-7-12/h2-8,11,13-14H,9-10H2,1H3/b8-5+/t11-/m1/s1. The SMILES string of the molecule is C[C@@H](O)CNC/C=C/c1ccccc1. The van der Waals surface area contributed by atoms with Crippen LogP contribution in [0.1, 0.15) is 12.5 Å². The van der Waals surface area contributed by atoms with Crippen molar-refractivity contribution in [2.75, 3.05) is 13.1 Å². The van der Waals surface area contributed by atoms with Crippen molar-refractivity contribution in [3.8, 4) is 0 Å². The molecule has 0 spiro atoms. The summed E-state index contributed by atoms with van der Waals surface area (Å²) in [5, 5.41) is 12.1. The lowest BCUT2D eigenvalue weighted by Crippen LogP contribution is -2.24. The highest BCUT2D eigenvalue weighted by molar-refractivity contribution is 5.48. The fraction of sp³-hybridized carbons (Fsp3) is 0.333. The van der Waals surface area contributed by atoms with Gasteiger partial charge in [-0.25, -0.2) is 0 Å². The Morgan fingerprint density at radius 2 is 2.07 bits per heavy atom. The third-order valence-corrected chi connectivity index (χ3v) is 1.81. The summed E-state index contributed by atoms with van der Waals surface area (Å²) in [6.07, 6.45) is 3.84. The monoisotopic (exact) mass is 191 g/mol. The number of aliphatic hydroxyl groups is 1. The second-order valence-corrected chi connectivity index (χ2v) is 3.32. The van der Waals surface area contributed by atoms with E-state index in [1.165, 1.54) is 5.56 Å². The molecule has 1 atom stereocenters. The van der Waals surface area contributed by atoms with Gasteiger partial charge < -0.3 is 10.4 Å². The molecule has 2 nitrogen and oxygen atoms in total. The van der Waals surface area contributed by atoms with Crippen LogP contribution in [0.4, 0.5) is 0 Å². The van der Waals surface area contributed by atoms with E-state index < -0.39 is 0 Å². The van der Waals surface area contributed by atoms with Crippen molar-refractivity contribution in [3.05, 3.63) is 42.0 Å². The number of hydrogen-bond donors (Lipinski definition) is 2. The van der Waals surface area contributed by atoms with Gasteiger partial charge in [0.15, 0.2) is 0 Å². The Bertz CT molecular complexity index is 267. The van der Waals surface area contributed by atoms with E-state index in [4.69, 9.17) is 5.11 Å². The molecule has 76 valence electrons. The summed E-state index contributed by atoms with van der Waals surface area (Å²) in [4.78, 5) is 0. The predicted octanol–water partition coefficient (Wildman–Crippen LogP) is 1.67. The molecule has 1 aromatic rings. The highest BCUT2D eigenvalue weighted by Crippen LogP contribution is 1.99. The molecule has 2 N–H and O–H groups in total. The lowest BCUT2D eigenvalue weighted by Gasteiger charge is -2.02. The summed E-state index contributed by atoms with van der Waals surface area (Å²) in [5.74, 6) is 0. The van der Waals surface area contributed by atoms with Crippen molar-refractivity contribution in [2.45, 2.75) is 13.0 Å². The molecular formula is C12H17NO. The first kappa shape index (κ1) is 11.0. The van der Waals surface area contributed by atoms with E-state index in [0.29, 0.717) is 6.54 Å². The van der Waals surface area contributed by atoms with E-state index in [9.17, 15) is 0 Å². The molecular weight excluding hydrogens is 174 g/mol. The van der Waals surface area contributed by atoms with E-state index in [-0.39, 0.29) is 6.10 Å². The molecule has 0 saturated heterocycles. The molecule has 1 aromatic carbocycles. The van der Waals surface area contributed by atoms with E-state index in [0.717, 1.165) is 6.54 Å². The van der Waals surface area contributed by atoms with E-state index in [2.05, 4.69) is 29.6 Å². The molecule has 2 heteroatoms. The van der Waals surface area contributed by atoms with Gasteiger partial charge in [0.2, 0.25) is 0 Å². The van der Waals surface area contributed by atoms with Crippen LogP contribution < -0.4 is 5.32 Å². The predicted molar refractivity (Wildman–Crippen MR) is 60.0 cm³/mol. The fourth-order valence-electron chi connectivity index (χ4n) is 1.13.